The van der Waals surface area contributed by atoms with Crippen LogP contribution in [-0.4, -0.2) is 9.97 Å². The average Bonchev–Trinajstić information content (AvgIpc) is 2.14. The topological polar surface area (TPSA) is 48.6 Å². The Morgan fingerprint density at radius 3 is 2.19 bits per heavy atom. The van der Waals surface area contributed by atoms with Crippen LogP contribution in [0.5, 0.6) is 0 Å². The molecule has 0 amide bonds. The molecule has 16 heavy (non-hydrogen) atoms. The number of nitrogens with one attached hydrogen (secondary N) is 2. The Morgan fingerprint density at radius 1 is 1.00 bits per heavy atom. The molecule has 0 atom stereocenters. The zero-order chi connectivity index (χ0) is 11.7. The predicted molar refractivity (Wildman–Crippen MR) is 67.7 cm³/mol. The summed E-state index contributed by atoms with van der Waals surface area (Å²) >= 11 is 16.6. The number of hydrogen-bond donors (Lipinski definition) is 2. The van der Waals surface area contributed by atoms with Gasteiger partial charge in [-0.25, -0.2) is 0 Å². The van der Waals surface area contributed by atoms with E-state index in [0.29, 0.717) is 15.7 Å². The summed E-state index contributed by atoms with van der Waals surface area (Å²) in [7, 11) is 0. The van der Waals surface area contributed by atoms with Gasteiger partial charge in [0.05, 0.1) is 5.69 Å². The lowest BCUT2D eigenvalue weighted by Crippen LogP contribution is -2.06. The molecule has 0 fully saturated rings. The first-order chi connectivity index (χ1) is 7.54. The van der Waals surface area contributed by atoms with Crippen LogP contribution < -0.4 is 5.56 Å². The number of rotatable bonds is 1. The van der Waals surface area contributed by atoms with Crippen LogP contribution in [0.3, 0.4) is 0 Å². The van der Waals surface area contributed by atoms with Gasteiger partial charge in [-0.3, -0.25) is 9.78 Å². The van der Waals surface area contributed by atoms with E-state index < -0.39 is 0 Å². The molecule has 1 heterocycles. The van der Waals surface area contributed by atoms with Crippen molar-refractivity contribution in [2.24, 2.45) is 0 Å². The van der Waals surface area contributed by atoms with Gasteiger partial charge in [0.25, 0.3) is 5.56 Å². The van der Waals surface area contributed by atoms with Crippen LogP contribution >= 0.6 is 35.4 Å². The maximum absolute atomic E-state index is 11.2. The van der Waals surface area contributed by atoms with Crippen molar-refractivity contribution in [2.75, 3.05) is 0 Å². The molecule has 0 bridgehead atoms. The van der Waals surface area contributed by atoms with Gasteiger partial charge in [-0.2, -0.15) is 0 Å². The van der Waals surface area contributed by atoms with E-state index in [1.54, 1.807) is 18.2 Å². The normalized spacial score (nSPS) is 10.4. The largest absolute Gasteiger partial charge is 0.332 e. The Labute approximate surface area is 106 Å². The number of benzene rings is 1. The number of halogens is 2. The predicted octanol–water partition coefficient (Wildman–Crippen LogP) is 3.41. The highest BCUT2D eigenvalue weighted by Gasteiger charge is 2.02. The second-order valence-corrected chi connectivity index (χ2v) is 4.44. The molecule has 0 spiro atoms. The summed E-state index contributed by atoms with van der Waals surface area (Å²) in [5.74, 6) is 0. The Morgan fingerprint density at radius 2 is 1.62 bits per heavy atom. The van der Waals surface area contributed by atoms with Crippen LogP contribution in [0.25, 0.3) is 11.3 Å². The summed E-state index contributed by atoms with van der Waals surface area (Å²) in [6.07, 6.45) is 0. The molecular formula is C10H6Cl2N2OS. The van der Waals surface area contributed by atoms with E-state index in [0.717, 1.165) is 5.56 Å². The maximum Gasteiger partial charge on any atom is 0.252 e. The summed E-state index contributed by atoms with van der Waals surface area (Å²) in [6.45, 7) is 0. The van der Waals surface area contributed by atoms with Crippen LogP contribution in [-0.2, 0) is 0 Å². The first kappa shape index (κ1) is 11.4. The van der Waals surface area contributed by atoms with Gasteiger partial charge in [0.1, 0.15) is 0 Å². The molecule has 6 heteroatoms. The molecular weight excluding hydrogens is 267 g/mol. The van der Waals surface area contributed by atoms with Crippen LogP contribution in [0.2, 0.25) is 10.0 Å². The van der Waals surface area contributed by atoms with E-state index in [9.17, 15) is 4.79 Å². The van der Waals surface area contributed by atoms with Crippen LogP contribution in [0.4, 0.5) is 0 Å². The molecule has 0 aliphatic rings. The first-order valence-electron chi connectivity index (χ1n) is 4.35. The highest BCUT2D eigenvalue weighted by Crippen LogP contribution is 2.25. The van der Waals surface area contributed by atoms with Gasteiger partial charge >= 0.3 is 0 Å². The molecule has 3 nitrogen and oxygen atoms in total. The zero-order valence-electron chi connectivity index (χ0n) is 7.88. The van der Waals surface area contributed by atoms with Crippen LogP contribution in [0.1, 0.15) is 0 Å². The van der Waals surface area contributed by atoms with E-state index in [4.69, 9.17) is 35.4 Å². The summed E-state index contributed by atoms with van der Waals surface area (Å²) in [5.41, 5.74) is 1.03. The third kappa shape index (κ3) is 2.52. The molecule has 0 aliphatic heterocycles. The summed E-state index contributed by atoms with van der Waals surface area (Å²) in [5, 5.41) is 1.00. The monoisotopic (exact) mass is 272 g/mol. The summed E-state index contributed by atoms with van der Waals surface area (Å²) in [4.78, 5) is 16.6. The van der Waals surface area contributed by atoms with Crippen molar-refractivity contribution in [1.82, 2.24) is 9.97 Å². The van der Waals surface area contributed by atoms with Gasteiger partial charge in [0.15, 0.2) is 4.77 Å². The standard InChI is InChI=1S/C10H6Cl2N2OS/c11-6-1-5(2-7(12)3-6)8-4-9(15)14-10(16)13-8/h1-4H,(H2,13,14,15,16). The summed E-state index contributed by atoms with van der Waals surface area (Å²) < 4.78 is 0.263. The van der Waals surface area contributed by atoms with Crippen LogP contribution in [0, 0.1) is 4.77 Å². The fraction of sp³-hybridized carbons (Fsp3) is 0. The lowest BCUT2D eigenvalue weighted by atomic mass is 10.1. The third-order valence-corrected chi connectivity index (χ3v) is 2.57. The molecule has 0 saturated carbocycles. The molecule has 2 rings (SSSR count). The molecule has 2 N–H and O–H groups in total. The Hall–Kier alpha value is -1.10. The van der Waals surface area contributed by atoms with Crippen molar-refractivity contribution < 1.29 is 0 Å². The average molecular weight is 273 g/mol. The molecule has 1 aromatic carbocycles. The minimum Gasteiger partial charge on any atom is -0.332 e. The van der Waals surface area contributed by atoms with Crippen molar-refractivity contribution in [2.45, 2.75) is 0 Å². The van der Waals surface area contributed by atoms with Crippen LogP contribution in [0.15, 0.2) is 29.1 Å². The third-order valence-electron chi connectivity index (χ3n) is 1.93. The molecule has 0 radical (unpaired) electrons. The van der Waals surface area contributed by atoms with Gasteiger partial charge in [0.2, 0.25) is 0 Å². The Bertz CT molecular complexity index is 599. The van der Waals surface area contributed by atoms with Gasteiger partial charge in [-0.1, -0.05) is 23.2 Å². The second-order valence-electron chi connectivity index (χ2n) is 3.16. The fourth-order valence-corrected chi connectivity index (χ4v) is 2.07. The maximum atomic E-state index is 11.2. The first-order valence-corrected chi connectivity index (χ1v) is 5.51. The molecule has 0 unspecified atom stereocenters. The van der Waals surface area contributed by atoms with E-state index in [-0.39, 0.29) is 10.3 Å². The second kappa shape index (κ2) is 4.41. The van der Waals surface area contributed by atoms with E-state index in [1.165, 1.54) is 6.07 Å². The molecule has 0 aliphatic carbocycles. The van der Waals surface area contributed by atoms with Gasteiger partial charge in [-0.15, -0.1) is 0 Å². The van der Waals surface area contributed by atoms with Gasteiger partial charge < -0.3 is 4.98 Å². The lowest BCUT2D eigenvalue weighted by molar-refractivity contribution is 1.09. The number of H-pyrrole nitrogens is 2. The highest BCUT2D eigenvalue weighted by molar-refractivity contribution is 7.71. The minimum absolute atomic E-state index is 0.263. The SMILES string of the molecule is O=c1cc(-c2cc(Cl)cc(Cl)c2)[nH]c(=S)[nH]1. The van der Waals surface area contributed by atoms with E-state index in [2.05, 4.69) is 9.97 Å². The van der Waals surface area contributed by atoms with Crippen molar-refractivity contribution >= 4 is 35.4 Å². The van der Waals surface area contributed by atoms with Crippen molar-refractivity contribution in [3.63, 3.8) is 0 Å². The number of aromatic amines is 2. The van der Waals surface area contributed by atoms with Crippen molar-refractivity contribution in [3.8, 4) is 11.3 Å². The van der Waals surface area contributed by atoms with Crippen molar-refractivity contribution in [3.05, 3.63) is 49.4 Å². The molecule has 0 saturated heterocycles. The summed E-state index contributed by atoms with van der Waals surface area (Å²) in [6, 6.07) is 6.42. The van der Waals surface area contributed by atoms with Gasteiger partial charge in [0, 0.05) is 21.7 Å². The van der Waals surface area contributed by atoms with E-state index in [1.807, 2.05) is 0 Å². The lowest BCUT2D eigenvalue weighted by Gasteiger charge is -2.02. The van der Waals surface area contributed by atoms with Gasteiger partial charge in [-0.05, 0) is 30.4 Å². The Balaban J connectivity index is 2.67. The quantitative estimate of drug-likeness (QED) is 0.782. The molecule has 2 aromatic rings. The zero-order valence-corrected chi connectivity index (χ0v) is 10.2. The Kier molecular flexibility index (Phi) is 3.14. The minimum atomic E-state index is -0.269. The smallest absolute Gasteiger partial charge is 0.252 e. The fourth-order valence-electron chi connectivity index (χ4n) is 1.33. The molecule has 82 valence electrons. The van der Waals surface area contributed by atoms with Crippen molar-refractivity contribution in [1.29, 1.82) is 0 Å². The molecule has 1 aromatic heterocycles. The number of hydrogen-bond acceptors (Lipinski definition) is 2. The highest BCUT2D eigenvalue weighted by atomic mass is 35.5. The number of aromatic nitrogens is 2. The van der Waals surface area contributed by atoms with E-state index >= 15 is 0 Å².